The van der Waals surface area contributed by atoms with E-state index in [1.165, 1.54) is 50.3 Å². The monoisotopic (exact) mass is 214 g/mol. The second kappa shape index (κ2) is 10.8. The molecule has 0 aromatic rings. The highest BCUT2D eigenvalue weighted by molar-refractivity contribution is 8.16. The number of rotatable bonds is 9. The van der Waals surface area contributed by atoms with E-state index in [2.05, 4.69) is 13.5 Å². The summed E-state index contributed by atoms with van der Waals surface area (Å²) in [6, 6.07) is 0. The van der Waals surface area contributed by atoms with Gasteiger partial charge in [-0.2, -0.15) is 0 Å². The molecule has 0 amide bonds. The Balaban J connectivity index is 3.05. The maximum Gasteiger partial charge on any atom is 0.193 e. The van der Waals surface area contributed by atoms with E-state index in [0.29, 0.717) is 6.42 Å². The van der Waals surface area contributed by atoms with Crippen LogP contribution in [-0.4, -0.2) is 5.12 Å². The van der Waals surface area contributed by atoms with Crippen molar-refractivity contribution in [1.82, 2.24) is 0 Å². The fourth-order valence-corrected chi connectivity index (χ4v) is 1.83. The molecule has 0 saturated heterocycles. The minimum Gasteiger partial charge on any atom is -0.287 e. The maximum absolute atomic E-state index is 11.1. The zero-order valence-electron chi connectivity index (χ0n) is 9.26. The summed E-state index contributed by atoms with van der Waals surface area (Å²) >= 11 is 1.23. The second-order valence-corrected chi connectivity index (χ2v) is 4.55. The van der Waals surface area contributed by atoms with Gasteiger partial charge in [0.25, 0.3) is 0 Å². The first-order valence-corrected chi connectivity index (χ1v) is 6.49. The lowest BCUT2D eigenvalue weighted by atomic mass is 10.1. The highest BCUT2D eigenvalue weighted by Crippen LogP contribution is 2.12. The first kappa shape index (κ1) is 13.8. The van der Waals surface area contributed by atoms with Gasteiger partial charge in [-0.3, -0.25) is 4.79 Å². The number of hydrogen-bond acceptors (Lipinski definition) is 2. The zero-order valence-corrected chi connectivity index (χ0v) is 10.1. The molecule has 0 aliphatic rings. The maximum atomic E-state index is 11.1. The molecule has 0 aromatic heterocycles. The van der Waals surface area contributed by atoms with Crippen LogP contribution >= 0.6 is 11.8 Å². The molecule has 0 N–H and O–H groups in total. The average molecular weight is 214 g/mol. The van der Waals surface area contributed by atoms with E-state index in [4.69, 9.17) is 0 Å². The lowest BCUT2D eigenvalue weighted by molar-refractivity contribution is -0.111. The van der Waals surface area contributed by atoms with E-state index >= 15 is 0 Å². The molecule has 0 fully saturated rings. The van der Waals surface area contributed by atoms with Crippen molar-refractivity contribution in [3.8, 4) is 0 Å². The van der Waals surface area contributed by atoms with E-state index in [9.17, 15) is 4.79 Å². The Labute approximate surface area is 92.3 Å². The summed E-state index contributed by atoms with van der Waals surface area (Å²) in [5.41, 5.74) is 0. The van der Waals surface area contributed by atoms with Crippen molar-refractivity contribution in [3.63, 3.8) is 0 Å². The van der Waals surface area contributed by atoms with Crippen LogP contribution in [0.1, 0.15) is 58.3 Å². The molecule has 0 atom stereocenters. The van der Waals surface area contributed by atoms with Gasteiger partial charge in [0.1, 0.15) is 0 Å². The quantitative estimate of drug-likeness (QED) is 0.524. The molecular formula is C12H22OS. The summed E-state index contributed by atoms with van der Waals surface area (Å²) in [5.74, 6) is 0. The SMILES string of the molecule is C=CSC(=O)CCCCCCCCC. The summed E-state index contributed by atoms with van der Waals surface area (Å²) in [7, 11) is 0. The van der Waals surface area contributed by atoms with Crippen LogP contribution in [0, 0.1) is 0 Å². The van der Waals surface area contributed by atoms with Crippen LogP contribution in [0.25, 0.3) is 0 Å². The zero-order chi connectivity index (χ0) is 10.6. The molecule has 0 spiro atoms. The molecular weight excluding hydrogens is 192 g/mol. The highest BCUT2D eigenvalue weighted by Gasteiger charge is 1.98. The molecule has 0 rings (SSSR count). The highest BCUT2D eigenvalue weighted by atomic mass is 32.2. The fraction of sp³-hybridized carbons (Fsp3) is 0.750. The first-order valence-electron chi connectivity index (χ1n) is 5.61. The van der Waals surface area contributed by atoms with E-state index in [-0.39, 0.29) is 5.12 Å². The molecule has 0 saturated carbocycles. The molecule has 0 aliphatic heterocycles. The molecule has 14 heavy (non-hydrogen) atoms. The molecule has 1 nitrogen and oxygen atoms in total. The average Bonchev–Trinajstić information content (AvgIpc) is 2.17. The molecule has 2 heteroatoms. The molecule has 0 bridgehead atoms. The number of hydrogen-bond donors (Lipinski definition) is 0. The Bertz CT molecular complexity index is 154. The lowest BCUT2D eigenvalue weighted by Crippen LogP contribution is -1.89. The van der Waals surface area contributed by atoms with Crippen molar-refractivity contribution in [3.05, 3.63) is 12.0 Å². The predicted molar refractivity (Wildman–Crippen MR) is 65.4 cm³/mol. The summed E-state index contributed by atoms with van der Waals surface area (Å²) in [6.45, 7) is 5.75. The fourth-order valence-electron chi connectivity index (χ4n) is 1.38. The Kier molecular flexibility index (Phi) is 10.7. The van der Waals surface area contributed by atoms with Crippen LogP contribution in [0.3, 0.4) is 0 Å². The number of carbonyl (C=O) groups is 1. The second-order valence-electron chi connectivity index (χ2n) is 3.53. The van der Waals surface area contributed by atoms with Gasteiger partial charge in [0, 0.05) is 6.42 Å². The number of carbonyl (C=O) groups excluding carboxylic acids is 1. The van der Waals surface area contributed by atoms with Crippen LogP contribution in [0.2, 0.25) is 0 Å². The van der Waals surface area contributed by atoms with Crippen molar-refractivity contribution in [2.45, 2.75) is 58.3 Å². The third kappa shape index (κ3) is 9.85. The van der Waals surface area contributed by atoms with E-state index < -0.39 is 0 Å². The molecule has 0 radical (unpaired) electrons. The topological polar surface area (TPSA) is 17.1 Å². The number of thioether (sulfide) groups is 1. The smallest absolute Gasteiger partial charge is 0.193 e. The van der Waals surface area contributed by atoms with Crippen molar-refractivity contribution < 1.29 is 4.79 Å². The summed E-state index contributed by atoms with van der Waals surface area (Å²) in [5, 5.41) is 1.87. The summed E-state index contributed by atoms with van der Waals surface area (Å²) < 4.78 is 0. The molecule has 82 valence electrons. The Morgan fingerprint density at radius 3 is 2.29 bits per heavy atom. The van der Waals surface area contributed by atoms with Gasteiger partial charge in [-0.15, -0.1) is 0 Å². The normalized spacial score (nSPS) is 10.1. The standard InChI is InChI=1S/C12H22OS/c1-3-5-6-7-8-9-10-11-12(13)14-4-2/h4H,2-3,5-11H2,1H3. The molecule has 0 unspecified atom stereocenters. The van der Waals surface area contributed by atoms with E-state index in [1.54, 1.807) is 5.41 Å². The molecule has 0 aromatic carbocycles. The van der Waals surface area contributed by atoms with E-state index in [0.717, 1.165) is 6.42 Å². The van der Waals surface area contributed by atoms with Gasteiger partial charge in [-0.1, -0.05) is 63.8 Å². The van der Waals surface area contributed by atoms with Gasteiger partial charge >= 0.3 is 0 Å². The van der Waals surface area contributed by atoms with Crippen LogP contribution in [-0.2, 0) is 4.79 Å². The van der Waals surface area contributed by atoms with Gasteiger partial charge in [0.05, 0.1) is 0 Å². The van der Waals surface area contributed by atoms with Crippen molar-refractivity contribution >= 4 is 16.9 Å². The van der Waals surface area contributed by atoms with Gasteiger partial charge < -0.3 is 0 Å². The van der Waals surface area contributed by atoms with E-state index in [1.807, 2.05) is 0 Å². The van der Waals surface area contributed by atoms with Crippen molar-refractivity contribution in [2.75, 3.05) is 0 Å². The van der Waals surface area contributed by atoms with Crippen LogP contribution in [0.15, 0.2) is 12.0 Å². The van der Waals surface area contributed by atoms with Gasteiger partial charge in [0.2, 0.25) is 0 Å². The first-order chi connectivity index (χ1) is 6.81. The van der Waals surface area contributed by atoms with Crippen molar-refractivity contribution in [1.29, 1.82) is 0 Å². The van der Waals surface area contributed by atoms with Crippen LogP contribution < -0.4 is 0 Å². The van der Waals surface area contributed by atoms with Crippen LogP contribution in [0.5, 0.6) is 0 Å². The van der Waals surface area contributed by atoms with Crippen LogP contribution in [0.4, 0.5) is 0 Å². The van der Waals surface area contributed by atoms with Gasteiger partial charge in [-0.05, 0) is 11.8 Å². The third-order valence-electron chi connectivity index (χ3n) is 2.20. The lowest BCUT2D eigenvalue weighted by Gasteiger charge is -1.99. The van der Waals surface area contributed by atoms with Crippen molar-refractivity contribution in [2.24, 2.45) is 0 Å². The minimum atomic E-state index is 0.258. The van der Waals surface area contributed by atoms with Gasteiger partial charge in [0.15, 0.2) is 5.12 Å². The third-order valence-corrected chi connectivity index (χ3v) is 2.83. The summed E-state index contributed by atoms with van der Waals surface area (Å²) in [4.78, 5) is 11.1. The molecule has 0 aliphatic carbocycles. The Hall–Kier alpha value is -0.240. The Morgan fingerprint density at radius 1 is 1.14 bits per heavy atom. The summed E-state index contributed by atoms with van der Waals surface area (Å²) in [6.07, 6.45) is 9.58. The predicted octanol–water partition coefficient (Wildman–Crippen LogP) is 4.53. The van der Waals surface area contributed by atoms with Gasteiger partial charge in [-0.25, -0.2) is 0 Å². The Morgan fingerprint density at radius 2 is 1.71 bits per heavy atom. The number of unbranched alkanes of at least 4 members (excludes halogenated alkanes) is 6. The molecule has 0 heterocycles. The minimum absolute atomic E-state index is 0.258. The largest absolute Gasteiger partial charge is 0.287 e.